The number of sulfonamides is 1. The van der Waals surface area contributed by atoms with Crippen molar-refractivity contribution in [2.45, 2.75) is 38.7 Å². The standard InChI is InChI=1S/C29H36N2O5SSi/c1-29(2,3)38(25-17-9-7-10-18-25,26-19-11-8-12-20-26)36-24-16-6-5-15-23-30(37(4,34)35)27-21-13-14-22-28(27)31(32)33/h5,7-15,17-22H,6,16,23-24H2,1-4H3/b15-5+. The van der Waals surface area contributed by atoms with Crippen molar-refractivity contribution in [3.8, 4) is 0 Å². The second kappa shape index (κ2) is 12.5. The molecule has 0 aliphatic heterocycles. The van der Waals surface area contributed by atoms with E-state index in [1.807, 2.05) is 18.2 Å². The first kappa shape index (κ1) is 29.3. The van der Waals surface area contributed by atoms with Crippen molar-refractivity contribution in [2.75, 3.05) is 23.7 Å². The molecule has 0 bridgehead atoms. The van der Waals surface area contributed by atoms with Crippen LogP contribution < -0.4 is 14.7 Å². The van der Waals surface area contributed by atoms with E-state index in [1.54, 1.807) is 12.1 Å². The summed E-state index contributed by atoms with van der Waals surface area (Å²) in [6, 6.07) is 26.8. The molecule has 0 unspecified atom stereocenters. The largest absolute Gasteiger partial charge is 0.407 e. The number of hydrogen-bond acceptors (Lipinski definition) is 5. The van der Waals surface area contributed by atoms with E-state index in [0.717, 1.165) is 17.0 Å². The summed E-state index contributed by atoms with van der Waals surface area (Å²) in [5, 5.41) is 13.8. The smallest absolute Gasteiger partial charge is 0.293 e. The Kier molecular flexibility index (Phi) is 9.64. The predicted octanol–water partition coefficient (Wildman–Crippen LogP) is 5.27. The van der Waals surface area contributed by atoms with Gasteiger partial charge in [0, 0.05) is 12.7 Å². The van der Waals surface area contributed by atoms with Gasteiger partial charge in [-0.05, 0) is 34.3 Å². The van der Waals surface area contributed by atoms with E-state index in [0.29, 0.717) is 13.0 Å². The number of benzene rings is 3. The third-order valence-electron chi connectivity index (χ3n) is 6.44. The van der Waals surface area contributed by atoms with Crippen LogP contribution in [0.15, 0.2) is 97.1 Å². The van der Waals surface area contributed by atoms with Crippen LogP contribution in [0.4, 0.5) is 11.4 Å². The van der Waals surface area contributed by atoms with Gasteiger partial charge in [0.2, 0.25) is 10.0 Å². The summed E-state index contributed by atoms with van der Waals surface area (Å²) in [7, 11) is -6.31. The highest BCUT2D eigenvalue weighted by molar-refractivity contribution is 7.92. The molecule has 0 fully saturated rings. The zero-order chi connectivity index (χ0) is 27.8. The monoisotopic (exact) mass is 552 g/mol. The molecule has 7 nitrogen and oxygen atoms in total. The maximum atomic E-state index is 12.4. The van der Waals surface area contributed by atoms with Crippen LogP contribution in [-0.2, 0) is 14.4 Å². The fraction of sp³-hybridized carbons (Fsp3) is 0.310. The summed E-state index contributed by atoms with van der Waals surface area (Å²) in [5.41, 5.74) is -0.190. The molecule has 0 aromatic heterocycles. The minimum Gasteiger partial charge on any atom is -0.407 e. The topological polar surface area (TPSA) is 89.8 Å². The molecule has 0 saturated carbocycles. The summed E-state index contributed by atoms with van der Waals surface area (Å²) >= 11 is 0. The third kappa shape index (κ3) is 6.78. The number of rotatable bonds is 12. The Morgan fingerprint density at radius 2 is 1.42 bits per heavy atom. The Hall–Kier alpha value is -3.27. The molecule has 0 aliphatic rings. The predicted molar refractivity (Wildman–Crippen MR) is 157 cm³/mol. The molecule has 3 aromatic rings. The molecular weight excluding hydrogens is 516 g/mol. The lowest BCUT2D eigenvalue weighted by Gasteiger charge is -2.43. The average Bonchev–Trinajstić information content (AvgIpc) is 2.87. The molecule has 0 amide bonds. The van der Waals surface area contributed by atoms with Crippen LogP contribution in [0.5, 0.6) is 0 Å². The van der Waals surface area contributed by atoms with E-state index in [-0.39, 0.29) is 23.0 Å². The van der Waals surface area contributed by atoms with Gasteiger partial charge in [-0.25, -0.2) is 8.42 Å². The normalized spacial score (nSPS) is 12.5. The van der Waals surface area contributed by atoms with Crippen LogP contribution in [0.3, 0.4) is 0 Å². The summed E-state index contributed by atoms with van der Waals surface area (Å²) in [5.74, 6) is 0. The maximum Gasteiger partial charge on any atom is 0.293 e. The molecule has 38 heavy (non-hydrogen) atoms. The minimum atomic E-state index is -3.71. The molecule has 0 aliphatic carbocycles. The van der Waals surface area contributed by atoms with Gasteiger partial charge < -0.3 is 4.43 Å². The molecule has 0 heterocycles. The Morgan fingerprint density at radius 3 is 1.92 bits per heavy atom. The van der Waals surface area contributed by atoms with Crippen molar-refractivity contribution in [3.63, 3.8) is 0 Å². The van der Waals surface area contributed by atoms with Crippen LogP contribution in [-0.4, -0.2) is 41.1 Å². The number of unbranched alkanes of at least 4 members (excludes halogenated alkanes) is 1. The van der Waals surface area contributed by atoms with E-state index < -0.39 is 23.3 Å². The summed E-state index contributed by atoms with van der Waals surface area (Å²) in [4.78, 5) is 10.8. The lowest BCUT2D eigenvalue weighted by atomic mass is 10.2. The zero-order valence-electron chi connectivity index (χ0n) is 22.4. The zero-order valence-corrected chi connectivity index (χ0v) is 24.2. The van der Waals surface area contributed by atoms with Crippen LogP contribution in [0.25, 0.3) is 0 Å². The molecule has 9 heteroatoms. The lowest BCUT2D eigenvalue weighted by Crippen LogP contribution is -2.66. The first-order valence-corrected chi connectivity index (χ1v) is 16.4. The second-order valence-electron chi connectivity index (χ2n) is 10.2. The van der Waals surface area contributed by atoms with Crippen molar-refractivity contribution >= 4 is 40.1 Å². The van der Waals surface area contributed by atoms with Crippen molar-refractivity contribution in [1.29, 1.82) is 0 Å². The van der Waals surface area contributed by atoms with Crippen molar-refractivity contribution in [1.82, 2.24) is 0 Å². The number of para-hydroxylation sites is 2. The fourth-order valence-electron chi connectivity index (χ4n) is 4.72. The van der Waals surface area contributed by atoms with Crippen LogP contribution in [0.2, 0.25) is 5.04 Å². The first-order chi connectivity index (χ1) is 18.0. The number of nitrogens with zero attached hydrogens (tertiary/aromatic N) is 2. The highest BCUT2D eigenvalue weighted by Crippen LogP contribution is 2.37. The van der Waals surface area contributed by atoms with Gasteiger partial charge in [-0.2, -0.15) is 0 Å². The minimum absolute atomic E-state index is 0.0131. The summed E-state index contributed by atoms with van der Waals surface area (Å²) < 4.78 is 32.7. The SMILES string of the molecule is CC(C)(C)[Si](OCCC/C=C/CN(c1ccccc1[N+](=O)[O-])S(C)(=O)=O)(c1ccccc1)c1ccccc1. The first-order valence-electron chi connectivity index (χ1n) is 12.6. The Balaban J connectivity index is 1.72. The number of hydrogen-bond donors (Lipinski definition) is 0. The molecule has 202 valence electrons. The number of allylic oxidation sites excluding steroid dienone is 1. The fourth-order valence-corrected chi connectivity index (χ4v) is 10.2. The van der Waals surface area contributed by atoms with Gasteiger partial charge in [-0.15, -0.1) is 0 Å². The number of nitro benzene ring substituents is 1. The number of anilines is 1. The van der Waals surface area contributed by atoms with Crippen LogP contribution in [0, 0.1) is 10.1 Å². The van der Waals surface area contributed by atoms with Crippen molar-refractivity contribution in [2.24, 2.45) is 0 Å². The van der Waals surface area contributed by atoms with Gasteiger partial charge in [0.15, 0.2) is 0 Å². The van der Waals surface area contributed by atoms with Crippen LogP contribution >= 0.6 is 0 Å². The Bertz CT molecular complexity index is 1300. The van der Waals surface area contributed by atoms with Gasteiger partial charge in [0.25, 0.3) is 14.0 Å². The second-order valence-corrected chi connectivity index (χ2v) is 16.4. The van der Waals surface area contributed by atoms with E-state index in [2.05, 4.69) is 69.3 Å². The Labute approximate surface area is 227 Å². The van der Waals surface area contributed by atoms with Crippen molar-refractivity contribution in [3.05, 3.63) is 107 Å². The van der Waals surface area contributed by atoms with E-state index in [1.165, 1.54) is 28.6 Å². The lowest BCUT2D eigenvalue weighted by molar-refractivity contribution is -0.384. The van der Waals surface area contributed by atoms with Crippen molar-refractivity contribution < 1.29 is 17.8 Å². The quantitative estimate of drug-likeness (QED) is 0.100. The molecular formula is C29H36N2O5SSi. The van der Waals surface area contributed by atoms with Gasteiger partial charge in [0.05, 0.1) is 17.7 Å². The highest BCUT2D eigenvalue weighted by Gasteiger charge is 2.49. The van der Waals surface area contributed by atoms with Gasteiger partial charge in [-0.3, -0.25) is 14.4 Å². The average molecular weight is 553 g/mol. The maximum absolute atomic E-state index is 12.4. The molecule has 3 rings (SSSR count). The van der Waals surface area contributed by atoms with Gasteiger partial charge in [-0.1, -0.05) is 106 Å². The van der Waals surface area contributed by atoms with E-state index in [9.17, 15) is 18.5 Å². The molecule has 0 N–H and O–H groups in total. The summed E-state index contributed by atoms with van der Waals surface area (Å²) in [6.07, 6.45) is 6.13. The van der Waals surface area contributed by atoms with Gasteiger partial charge in [0.1, 0.15) is 5.69 Å². The molecule has 0 radical (unpaired) electrons. The Morgan fingerprint density at radius 1 is 0.895 bits per heavy atom. The van der Waals surface area contributed by atoms with E-state index in [4.69, 9.17) is 4.43 Å². The number of nitro groups is 1. The molecule has 3 aromatic carbocycles. The third-order valence-corrected chi connectivity index (χ3v) is 12.6. The molecule has 0 saturated heterocycles. The highest BCUT2D eigenvalue weighted by atomic mass is 32.2. The van der Waals surface area contributed by atoms with E-state index >= 15 is 0 Å². The van der Waals surface area contributed by atoms with Gasteiger partial charge >= 0.3 is 0 Å². The summed E-state index contributed by atoms with van der Waals surface area (Å²) in [6.45, 7) is 7.28. The molecule has 0 atom stereocenters. The van der Waals surface area contributed by atoms with Crippen LogP contribution in [0.1, 0.15) is 33.6 Å². The molecule has 0 spiro atoms.